The highest BCUT2D eigenvalue weighted by molar-refractivity contribution is 6.08. The van der Waals surface area contributed by atoms with Crippen LogP contribution in [0.1, 0.15) is 40.4 Å². The van der Waals surface area contributed by atoms with Gasteiger partial charge in [-0.05, 0) is 55.8 Å². The molecule has 5 heteroatoms. The van der Waals surface area contributed by atoms with E-state index in [-0.39, 0.29) is 24.3 Å². The van der Waals surface area contributed by atoms with Gasteiger partial charge in [0, 0.05) is 17.7 Å². The molecule has 1 aliphatic rings. The van der Waals surface area contributed by atoms with Crippen LogP contribution in [0.5, 0.6) is 5.75 Å². The molecule has 164 valence electrons. The summed E-state index contributed by atoms with van der Waals surface area (Å²) in [6.45, 7) is 2.60. The summed E-state index contributed by atoms with van der Waals surface area (Å²) in [6.07, 6.45) is 2.40. The lowest BCUT2D eigenvalue weighted by Crippen LogP contribution is -2.38. The van der Waals surface area contributed by atoms with E-state index in [4.69, 9.17) is 4.74 Å². The van der Waals surface area contributed by atoms with Gasteiger partial charge in [0.1, 0.15) is 5.75 Å². The second kappa shape index (κ2) is 10.7. The molecule has 5 nitrogen and oxygen atoms in total. The van der Waals surface area contributed by atoms with Crippen molar-refractivity contribution in [3.8, 4) is 5.75 Å². The van der Waals surface area contributed by atoms with Crippen molar-refractivity contribution in [1.82, 2.24) is 10.2 Å². The van der Waals surface area contributed by atoms with E-state index < -0.39 is 0 Å². The molecule has 0 unspecified atom stereocenters. The Kier molecular flexibility index (Phi) is 7.31. The molecule has 0 aromatic heterocycles. The van der Waals surface area contributed by atoms with Crippen molar-refractivity contribution >= 4 is 11.7 Å². The highest BCUT2D eigenvalue weighted by atomic mass is 16.5. The summed E-state index contributed by atoms with van der Waals surface area (Å²) >= 11 is 0. The molecule has 1 amide bonds. The first-order valence-corrected chi connectivity index (χ1v) is 11.1. The van der Waals surface area contributed by atoms with Crippen LogP contribution in [-0.4, -0.2) is 42.8 Å². The molecule has 0 aliphatic carbocycles. The van der Waals surface area contributed by atoms with Crippen LogP contribution in [0.2, 0.25) is 0 Å². The molecule has 1 atom stereocenters. The number of hydrogen-bond donors (Lipinski definition) is 1. The molecule has 1 heterocycles. The second-order valence-electron chi connectivity index (χ2n) is 7.98. The van der Waals surface area contributed by atoms with Crippen LogP contribution in [0.4, 0.5) is 0 Å². The second-order valence-corrected chi connectivity index (χ2v) is 7.98. The number of carbonyl (C=O) groups excluding carboxylic acids is 2. The summed E-state index contributed by atoms with van der Waals surface area (Å²) in [5.74, 6) is 0.363. The van der Waals surface area contributed by atoms with E-state index in [0.717, 1.165) is 13.1 Å². The Labute approximate surface area is 189 Å². The van der Waals surface area contributed by atoms with Crippen molar-refractivity contribution in [1.29, 1.82) is 0 Å². The Morgan fingerprint density at radius 2 is 1.41 bits per heavy atom. The van der Waals surface area contributed by atoms with Crippen LogP contribution < -0.4 is 10.1 Å². The number of rotatable bonds is 9. The van der Waals surface area contributed by atoms with Gasteiger partial charge in [0.15, 0.2) is 12.4 Å². The van der Waals surface area contributed by atoms with Gasteiger partial charge in [-0.1, -0.05) is 60.7 Å². The molecule has 0 saturated carbocycles. The van der Waals surface area contributed by atoms with E-state index in [9.17, 15) is 9.59 Å². The summed E-state index contributed by atoms with van der Waals surface area (Å²) in [6, 6.07) is 26.5. The summed E-state index contributed by atoms with van der Waals surface area (Å²) in [5.41, 5.74) is 2.45. The number of amides is 1. The molecular weight excluding hydrogens is 400 g/mol. The molecule has 1 aliphatic heterocycles. The molecule has 3 aromatic carbocycles. The van der Waals surface area contributed by atoms with Gasteiger partial charge in [0.2, 0.25) is 0 Å². The highest BCUT2D eigenvalue weighted by Crippen LogP contribution is 2.24. The summed E-state index contributed by atoms with van der Waals surface area (Å²) < 4.78 is 5.63. The Balaban J connectivity index is 1.29. The van der Waals surface area contributed by atoms with Crippen LogP contribution in [0, 0.1) is 0 Å². The first-order chi connectivity index (χ1) is 15.7. The van der Waals surface area contributed by atoms with Gasteiger partial charge < -0.3 is 10.1 Å². The maximum absolute atomic E-state index is 12.5. The molecule has 0 spiro atoms. The third-order valence-electron chi connectivity index (χ3n) is 5.78. The van der Waals surface area contributed by atoms with Crippen molar-refractivity contribution in [2.24, 2.45) is 0 Å². The van der Waals surface area contributed by atoms with E-state index in [2.05, 4.69) is 22.3 Å². The lowest BCUT2D eigenvalue weighted by molar-refractivity contribution is -0.123. The van der Waals surface area contributed by atoms with Crippen molar-refractivity contribution < 1.29 is 14.3 Å². The van der Waals surface area contributed by atoms with Gasteiger partial charge in [-0.25, -0.2) is 0 Å². The zero-order valence-corrected chi connectivity index (χ0v) is 18.1. The first-order valence-electron chi connectivity index (χ1n) is 11.1. The van der Waals surface area contributed by atoms with Crippen LogP contribution in [0.3, 0.4) is 0 Å². The SMILES string of the molecule is O=C(COc1ccc(C(=O)c2ccccc2)cc1)NC[C@@H](c1ccccc1)N1CCCC1. The summed E-state index contributed by atoms with van der Waals surface area (Å²) in [5, 5.41) is 3.02. The van der Waals surface area contributed by atoms with Crippen molar-refractivity contribution in [3.05, 3.63) is 102 Å². The fourth-order valence-electron chi connectivity index (χ4n) is 4.06. The Hall–Kier alpha value is -3.44. The minimum atomic E-state index is -0.158. The Morgan fingerprint density at radius 3 is 2.06 bits per heavy atom. The quantitative estimate of drug-likeness (QED) is 0.518. The number of ketones is 1. The lowest BCUT2D eigenvalue weighted by Gasteiger charge is -2.28. The zero-order valence-electron chi connectivity index (χ0n) is 18.1. The van der Waals surface area contributed by atoms with Crippen molar-refractivity contribution in [3.63, 3.8) is 0 Å². The number of nitrogens with one attached hydrogen (secondary N) is 1. The maximum atomic E-state index is 12.5. The largest absolute Gasteiger partial charge is 0.484 e. The van der Waals surface area contributed by atoms with Gasteiger partial charge in [-0.2, -0.15) is 0 Å². The van der Waals surface area contributed by atoms with Crippen molar-refractivity contribution in [2.75, 3.05) is 26.2 Å². The number of benzene rings is 3. The molecule has 0 bridgehead atoms. The van der Waals surface area contributed by atoms with Gasteiger partial charge in [-0.15, -0.1) is 0 Å². The minimum Gasteiger partial charge on any atom is -0.484 e. The van der Waals surface area contributed by atoms with Crippen LogP contribution in [0.25, 0.3) is 0 Å². The first kappa shape index (κ1) is 21.8. The molecular formula is C27H28N2O3. The van der Waals surface area contributed by atoms with Crippen LogP contribution in [-0.2, 0) is 4.79 Å². The van der Waals surface area contributed by atoms with Gasteiger partial charge in [0.25, 0.3) is 5.91 Å². The molecule has 1 fully saturated rings. The molecule has 3 aromatic rings. The van der Waals surface area contributed by atoms with Gasteiger partial charge >= 0.3 is 0 Å². The molecule has 32 heavy (non-hydrogen) atoms. The van der Waals surface area contributed by atoms with E-state index in [0.29, 0.717) is 23.4 Å². The fourth-order valence-corrected chi connectivity index (χ4v) is 4.06. The maximum Gasteiger partial charge on any atom is 0.258 e. The lowest BCUT2D eigenvalue weighted by atomic mass is 10.0. The number of ether oxygens (including phenoxy) is 1. The van der Waals surface area contributed by atoms with Gasteiger partial charge in [-0.3, -0.25) is 14.5 Å². The Morgan fingerprint density at radius 1 is 0.812 bits per heavy atom. The molecule has 1 saturated heterocycles. The smallest absolute Gasteiger partial charge is 0.258 e. The Bertz CT molecular complexity index is 1010. The zero-order chi connectivity index (χ0) is 22.2. The number of hydrogen-bond acceptors (Lipinski definition) is 4. The predicted molar refractivity (Wildman–Crippen MR) is 125 cm³/mol. The van der Waals surface area contributed by atoms with Crippen molar-refractivity contribution in [2.45, 2.75) is 18.9 Å². The number of carbonyl (C=O) groups is 2. The minimum absolute atomic E-state index is 0.0382. The third kappa shape index (κ3) is 5.62. The standard InChI is InChI=1S/C27H28N2O3/c30-26(28-19-25(29-17-7-8-18-29)21-9-3-1-4-10-21)20-32-24-15-13-23(14-16-24)27(31)22-11-5-2-6-12-22/h1-6,9-16,25H,7-8,17-20H2,(H,28,30)/t25-/m0/s1. The van der Waals surface area contributed by atoms with E-state index >= 15 is 0 Å². The van der Waals surface area contributed by atoms with Crippen LogP contribution in [0.15, 0.2) is 84.9 Å². The monoisotopic (exact) mass is 428 g/mol. The number of likely N-dealkylation sites (tertiary alicyclic amines) is 1. The van der Waals surface area contributed by atoms with Crippen LogP contribution >= 0.6 is 0 Å². The molecule has 4 rings (SSSR count). The normalized spacial score (nSPS) is 14.6. The average Bonchev–Trinajstić information content (AvgIpc) is 3.39. The third-order valence-corrected chi connectivity index (χ3v) is 5.78. The average molecular weight is 429 g/mol. The molecule has 0 radical (unpaired) electrons. The summed E-state index contributed by atoms with van der Waals surface area (Å²) in [4.78, 5) is 27.3. The van der Waals surface area contributed by atoms with E-state index in [1.54, 1.807) is 36.4 Å². The topological polar surface area (TPSA) is 58.6 Å². The predicted octanol–water partition coefficient (Wildman–Crippen LogP) is 4.25. The van der Waals surface area contributed by atoms with Gasteiger partial charge in [0.05, 0.1) is 6.04 Å². The van der Waals surface area contributed by atoms with E-state index in [1.807, 2.05) is 36.4 Å². The molecule has 1 N–H and O–H groups in total. The number of nitrogens with zero attached hydrogens (tertiary/aromatic N) is 1. The fraction of sp³-hybridized carbons (Fsp3) is 0.259. The van der Waals surface area contributed by atoms with E-state index in [1.165, 1.54) is 18.4 Å². The summed E-state index contributed by atoms with van der Waals surface area (Å²) in [7, 11) is 0. The highest BCUT2D eigenvalue weighted by Gasteiger charge is 2.23.